The molecule has 2 heterocycles. The Balaban J connectivity index is 1.82. The van der Waals surface area contributed by atoms with E-state index in [2.05, 4.69) is 0 Å². The molecule has 7 nitrogen and oxygen atoms in total. The highest BCUT2D eigenvalue weighted by Crippen LogP contribution is 2.23. The first kappa shape index (κ1) is 13.2. The van der Waals surface area contributed by atoms with E-state index in [0.29, 0.717) is 4.90 Å². The molecule has 5 amide bonds. The molecule has 2 aliphatic rings. The maximum absolute atomic E-state index is 12.1. The third-order valence-corrected chi connectivity index (χ3v) is 3.47. The molecular weight excluding hydrogens is 276 g/mol. The van der Waals surface area contributed by atoms with Crippen molar-refractivity contribution in [3.05, 3.63) is 35.4 Å². The first-order chi connectivity index (χ1) is 10.0. The highest BCUT2D eigenvalue weighted by molar-refractivity contribution is 6.23. The van der Waals surface area contributed by atoms with Gasteiger partial charge in [-0.15, -0.1) is 0 Å². The van der Waals surface area contributed by atoms with Crippen LogP contribution in [0.1, 0.15) is 33.6 Å². The van der Waals surface area contributed by atoms with Crippen LogP contribution in [-0.2, 0) is 14.4 Å². The van der Waals surface area contributed by atoms with Crippen LogP contribution < -0.4 is 0 Å². The minimum absolute atomic E-state index is 0.0211. The number of benzene rings is 1. The van der Waals surface area contributed by atoms with Gasteiger partial charge in [-0.1, -0.05) is 12.1 Å². The lowest BCUT2D eigenvalue weighted by Gasteiger charge is -2.17. The quantitative estimate of drug-likeness (QED) is 0.711. The molecule has 0 spiro atoms. The predicted octanol–water partition coefficient (Wildman–Crippen LogP) is -0.0418. The summed E-state index contributed by atoms with van der Waals surface area (Å²) in [5.41, 5.74) is 0.434. The highest BCUT2D eigenvalue weighted by Gasteiger charge is 2.40. The van der Waals surface area contributed by atoms with Crippen LogP contribution in [0.2, 0.25) is 0 Å². The van der Waals surface area contributed by atoms with Gasteiger partial charge in [-0.2, -0.15) is 0 Å². The minimum Gasteiger partial charge on any atom is -0.274 e. The molecule has 0 atom stereocenters. The predicted molar refractivity (Wildman–Crippen MR) is 67.9 cm³/mol. The fourth-order valence-electron chi connectivity index (χ4n) is 2.44. The smallest absolute Gasteiger partial charge is 0.262 e. The molecule has 0 aliphatic carbocycles. The van der Waals surface area contributed by atoms with E-state index < -0.39 is 36.1 Å². The van der Waals surface area contributed by atoms with Crippen LogP contribution in [0.15, 0.2) is 24.3 Å². The number of carbonyl (C=O) groups is 5. The number of nitrogens with zero attached hydrogens (tertiary/aromatic N) is 2. The van der Waals surface area contributed by atoms with Crippen molar-refractivity contribution < 1.29 is 24.0 Å². The Kier molecular flexibility index (Phi) is 2.90. The lowest BCUT2D eigenvalue weighted by atomic mass is 10.1. The SMILES string of the molecule is O=C1c2ccccc2C(=O)N1CC(=O)N1C(=O)CCC1=O. The highest BCUT2D eigenvalue weighted by atomic mass is 16.2. The standard InChI is InChI=1S/C14H10N2O5/c17-10-5-6-11(18)16(10)12(19)7-15-13(20)8-3-1-2-4-9(8)14(15)21/h1-4H,5-7H2. The zero-order valence-corrected chi connectivity index (χ0v) is 10.9. The van der Waals surface area contributed by atoms with E-state index >= 15 is 0 Å². The molecule has 0 saturated carbocycles. The Bertz CT molecular complexity index is 658. The molecule has 21 heavy (non-hydrogen) atoms. The molecule has 106 valence electrons. The zero-order chi connectivity index (χ0) is 15.1. The van der Waals surface area contributed by atoms with Gasteiger partial charge in [-0.05, 0) is 12.1 Å². The van der Waals surface area contributed by atoms with Gasteiger partial charge in [0.25, 0.3) is 17.7 Å². The number of hydrogen-bond donors (Lipinski definition) is 0. The molecule has 3 rings (SSSR count). The Morgan fingerprint density at radius 2 is 1.38 bits per heavy atom. The summed E-state index contributed by atoms with van der Waals surface area (Å²) in [5, 5.41) is 0. The van der Waals surface area contributed by atoms with Crippen molar-refractivity contribution in [1.82, 2.24) is 9.80 Å². The molecule has 2 aliphatic heterocycles. The number of rotatable bonds is 2. The van der Waals surface area contributed by atoms with Crippen LogP contribution in [0.5, 0.6) is 0 Å². The van der Waals surface area contributed by atoms with Crippen molar-refractivity contribution in [2.75, 3.05) is 6.54 Å². The van der Waals surface area contributed by atoms with E-state index in [4.69, 9.17) is 0 Å². The van der Waals surface area contributed by atoms with Crippen molar-refractivity contribution in [2.24, 2.45) is 0 Å². The summed E-state index contributed by atoms with van der Waals surface area (Å²) in [5.74, 6) is -3.23. The van der Waals surface area contributed by atoms with E-state index in [-0.39, 0.29) is 24.0 Å². The Hall–Kier alpha value is -2.83. The average molecular weight is 286 g/mol. The third kappa shape index (κ3) is 1.94. The average Bonchev–Trinajstić information content (AvgIpc) is 2.92. The second-order valence-electron chi connectivity index (χ2n) is 4.76. The van der Waals surface area contributed by atoms with Gasteiger partial charge < -0.3 is 0 Å². The van der Waals surface area contributed by atoms with E-state index in [1.807, 2.05) is 0 Å². The van der Waals surface area contributed by atoms with Crippen molar-refractivity contribution >= 4 is 29.5 Å². The second kappa shape index (κ2) is 4.62. The van der Waals surface area contributed by atoms with Gasteiger partial charge in [-0.3, -0.25) is 28.9 Å². The van der Waals surface area contributed by atoms with Gasteiger partial charge in [-0.25, -0.2) is 4.90 Å². The topological polar surface area (TPSA) is 91.8 Å². The number of amides is 5. The minimum atomic E-state index is -0.850. The van der Waals surface area contributed by atoms with Gasteiger partial charge in [0, 0.05) is 12.8 Å². The number of likely N-dealkylation sites (tertiary alicyclic amines) is 1. The maximum Gasteiger partial charge on any atom is 0.262 e. The van der Waals surface area contributed by atoms with Crippen molar-refractivity contribution in [3.8, 4) is 0 Å². The van der Waals surface area contributed by atoms with E-state index in [1.54, 1.807) is 12.1 Å². The maximum atomic E-state index is 12.1. The first-order valence-electron chi connectivity index (χ1n) is 6.34. The molecule has 1 aromatic rings. The fraction of sp³-hybridized carbons (Fsp3) is 0.214. The monoisotopic (exact) mass is 286 g/mol. The van der Waals surface area contributed by atoms with Crippen LogP contribution in [0.3, 0.4) is 0 Å². The lowest BCUT2D eigenvalue weighted by molar-refractivity contribution is -0.149. The summed E-state index contributed by atoms with van der Waals surface area (Å²) < 4.78 is 0. The van der Waals surface area contributed by atoms with Crippen LogP contribution in [-0.4, -0.2) is 45.9 Å². The summed E-state index contributed by atoms with van der Waals surface area (Å²) in [4.78, 5) is 60.4. The van der Waals surface area contributed by atoms with E-state index in [1.165, 1.54) is 12.1 Å². The van der Waals surface area contributed by atoms with Gasteiger partial charge >= 0.3 is 0 Å². The summed E-state index contributed by atoms with van der Waals surface area (Å²) in [7, 11) is 0. The molecule has 0 N–H and O–H groups in total. The molecule has 1 saturated heterocycles. The number of hydrogen-bond acceptors (Lipinski definition) is 5. The van der Waals surface area contributed by atoms with Crippen LogP contribution in [0, 0.1) is 0 Å². The summed E-state index contributed by atoms with van der Waals surface area (Å²) in [6.07, 6.45) is -0.0423. The van der Waals surface area contributed by atoms with E-state index in [0.717, 1.165) is 4.90 Å². The largest absolute Gasteiger partial charge is 0.274 e. The van der Waals surface area contributed by atoms with Gasteiger partial charge in [0.05, 0.1) is 11.1 Å². The third-order valence-electron chi connectivity index (χ3n) is 3.47. The Morgan fingerprint density at radius 3 is 1.86 bits per heavy atom. The lowest BCUT2D eigenvalue weighted by Crippen LogP contribution is -2.44. The van der Waals surface area contributed by atoms with Crippen molar-refractivity contribution in [3.63, 3.8) is 0 Å². The number of imide groups is 4. The molecular formula is C14H10N2O5. The summed E-state index contributed by atoms with van der Waals surface area (Å²) >= 11 is 0. The molecule has 0 radical (unpaired) electrons. The summed E-state index contributed by atoms with van der Waals surface area (Å²) in [6.45, 7) is -0.607. The summed E-state index contributed by atoms with van der Waals surface area (Å²) in [6, 6.07) is 6.21. The molecule has 1 fully saturated rings. The van der Waals surface area contributed by atoms with Crippen molar-refractivity contribution in [1.29, 1.82) is 0 Å². The Morgan fingerprint density at radius 1 is 0.905 bits per heavy atom. The van der Waals surface area contributed by atoms with Crippen LogP contribution in [0.4, 0.5) is 0 Å². The normalized spacial score (nSPS) is 17.7. The number of fused-ring (bicyclic) bond motifs is 1. The molecule has 1 aromatic carbocycles. The Labute approximate surface area is 119 Å². The van der Waals surface area contributed by atoms with E-state index in [9.17, 15) is 24.0 Å². The zero-order valence-electron chi connectivity index (χ0n) is 10.9. The number of carbonyl (C=O) groups excluding carboxylic acids is 5. The fourth-order valence-corrected chi connectivity index (χ4v) is 2.44. The first-order valence-corrected chi connectivity index (χ1v) is 6.34. The van der Waals surface area contributed by atoms with Crippen molar-refractivity contribution in [2.45, 2.75) is 12.8 Å². The van der Waals surface area contributed by atoms with Gasteiger partial charge in [0.15, 0.2) is 0 Å². The molecule has 0 bridgehead atoms. The van der Waals surface area contributed by atoms with Crippen LogP contribution in [0.25, 0.3) is 0 Å². The molecule has 7 heteroatoms. The van der Waals surface area contributed by atoms with Crippen LogP contribution >= 0.6 is 0 Å². The molecule has 0 unspecified atom stereocenters. The molecule has 0 aromatic heterocycles. The van der Waals surface area contributed by atoms with Gasteiger partial charge in [0.2, 0.25) is 11.8 Å². The van der Waals surface area contributed by atoms with Gasteiger partial charge in [0.1, 0.15) is 6.54 Å². The second-order valence-corrected chi connectivity index (χ2v) is 4.76.